The van der Waals surface area contributed by atoms with E-state index in [2.05, 4.69) is 9.97 Å². The molecule has 0 spiro atoms. The number of H-pyrrole nitrogens is 1. The molecule has 0 saturated heterocycles. The van der Waals surface area contributed by atoms with Gasteiger partial charge < -0.3 is 4.98 Å². The molecule has 3 aromatic carbocycles. The molecule has 5 aromatic rings. The monoisotopic (exact) mass is 416 g/mol. The highest BCUT2D eigenvalue weighted by atomic mass is 16.1. The summed E-state index contributed by atoms with van der Waals surface area (Å²) in [5.74, 6) is -0.339. The number of aromatic nitrogens is 2. The number of hydrogen-bond acceptors (Lipinski definition) is 3. The van der Waals surface area contributed by atoms with E-state index in [0.29, 0.717) is 11.1 Å². The molecule has 1 N–H and O–H groups in total. The van der Waals surface area contributed by atoms with Crippen molar-refractivity contribution in [2.45, 2.75) is 6.92 Å². The van der Waals surface area contributed by atoms with Gasteiger partial charge in [-0.15, -0.1) is 0 Å². The Bertz CT molecular complexity index is 1560. The van der Waals surface area contributed by atoms with Crippen molar-refractivity contribution in [2.75, 3.05) is 0 Å². The summed E-state index contributed by atoms with van der Waals surface area (Å²) < 4.78 is 0. The number of allylic oxidation sites excluding steroid dienone is 1. The van der Waals surface area contributed by atoms with Crippen LogP contribution < -0.4 is 5.56 Å². The number of hydrogen-bond donors (Lipinski definition) is 1. The number of nitrogens with zero attached hydrogens (tertiary/aromatic N) is 1. The fourth-order valence-electron chi connectivity index (χ4n) is 4.01. The zero-order valence-electron chi connectivity index (χ0n) is 17.5. The van der Waals surface area contributed by atoms with Gasteiger partial charge in [-0.05, 0) is 42.3 Å². The van der Waals surface area contributed by atoms with E-state index in [-0.39, 0.29) is 11.3 Å². The molecule has 2 heterocycles. The second kappa shape index (κ2) is 8.08. The summed E-state index contributed by atoms with van der Waals surface area (Å²) >= 11 is 0. The van der Waals surface area contributed by atoms with E-state index in [9.17, 15) is 9.59 Å². The Kier molecular flexibility index (Phi) is 4.96. The molecule has 0 saturated carbocycles. The first kappa shape index (κ1) is 19.6. The lowest BCUT2D eigenvalue weighted by atomic mass is 9.93. The minimum atomic E-state index is -0.395. The number of para-hydroxylation sites is 2. The Morgan fingerprint density at radius 1 is 0.875 bits per heavy atom. The van der Waals surface area contributed by atoms with Crippen molar-refractivity contribution in [3.05, 3.63) is 118 Å². The second-order valence-corrected chi connectivity index (χ2v) is 7.73. The minimum Gasteiger partial charge on any atom is -0.321 e. The average molecular weight is 416 g/mol. The van der Waals surface area contributed by atoms with E-state index in [1.165, 1.54) is 6.08 Å². The lowest BCUT2D eigenvalue weighted by Crippen LogP contribution is -2.18. The molecule has 0 aliphatic carbocycles. The number of carbonyl (C=O) groups excluding carboxylic acids is 1. The molecule has 0 atom stereocenters. The highest BCUT2D eigenvalue weighted by molar-refractivity contribution is 6.15. The van der Waals surface area contributed by atoms with Crippen LogP contribution in [0, 0.1) is 6.92 Å². The van der Waals surface area contributed by atoms with E-state index < -0.39 is 5.56 Å². The van der Waals surface area contributed by atoms with Crippen molar-refractivity contribution in [2.24, 2.45) is 0 Å². The van der Waals surface area contributed by atoms with Gasteiger partial charge in [-0.2, -0.15) is 0 Å². The highest BCUT2D eigenvalue weighted by Crippen LogP contribution is 2.30. The first-order chi connectivity index (χ1) is 15.6. The van der Waals surface area contributed by atoms with Gasteiger partial charge in [0.25, 0.3) is 5.56 Å². The van der Waals surface area contributed by atoms with Crippen LogP contribution >= 0.6 is 0 Å². The van der Waals surface area contributed by atoms with E-state index in [0.717, 1.165) is 33.0 Å². The molecule has 0 unspecified atom stereocenters. The minimum absolute atomic E-state index is 0.141. The van der Waals surface area contributed by atoms with Gasteiger partial charge in [-0.1, -0.05) is 72.3 Å². The van der Waals surface area contributed by atoms with E-state index in [1.807, 2.05) is 85.8 Å². The Balaban J connectivity index is 1.68. The summed E-state index contributed by atoms with van der Waals surface area (Å²) in [4.78, 5) is 33.6. The number of aromatic amines is 1. The molecule has 0 bridgehead atoms. The fourth-order valence-corrected chi connectivity index (χ4v) is 4.01. The van der Waals surface area contributed by atoms with Crippen LogP contribution in [0.4, 0.5) is 0 Å². The SMILES string of the molecule is Cc1ccc(-c2c(C(=O)/C=C/c3ccnc4ccccc34)c(=O)[nH]c3ccccc23)cc1. The standard InChI is InChI=1S/C28H20N2O2/c1-18-10-12-20(13-11-18)26-22-7-3-5-9-24(22)30-28(32)27(26)25(31)15-14-19-16-17-29-23-8-4-2-6-21(19)23/h2-17H,1H3,(H,30,32)/b15-14+. The maximum absolute atomic E-state index is 13.4. The maximum Gasteiger partial charge on any atom is 0.260 e. The van der Waals surface area contributed by atoms with Crippen molar-refractivity contribution < 1.29 is 4.79 Å². The van der Waals surface area contributed by atoms with Crippen molar-refractivity contribution in [3.8, 4) is 11.1 Å². The van der Waals surface area contributed by atoms with Crippen LogP contribution in [0.3, 0.4) is 0 Å². The lowest BCUT2D eigenvalue weighted by molar-refractivity contribution is 0.104. The van der Waals surface area contributed by atoms with Crippen molar-refractivity contribution in [1.82, 2.24) is 9.97 Å². The number of benzene rings is 3. The van der Waals surface area contributed by atoms with Crippen LogP contribution in [0.1, 0.15) is 21.5 Å². The number of nitrogens with one attached hydrogen (secondary N) is 1. The second-order valence-electron chi connectivity index (χ2n) is 7.73. The van der Waals surface area contributed by atoms with Gasteiger partial charge in [0.05, 0.1) is 11.1 Å². The summed E-state index contributed by atoms with van der Waals surface area (Å²) in [7, 11) is 0. The summed E-state index contributed by atoms with van der Waals surface area (Å²) in [6.45, 7) is 2.01. The third-order valence-electron chi connectivity index (χ3n) is 5.61. The predicted octanol–water partition coefficient (Wildman–Crippen LogP) is 5.95. The Labute approximate surface area is 184 Å². The number of ketones is 1. The smallest absolute Gasteiger partial charge is 0.260 e. The highest BCUT2D eigenvalue weighted by Gasteiger charge is 2.19. The number of rotatable bonds is 4. The van der Waals surface area contributed by atoms with Gasteiger partial charge in [-0.25, -0.2) is 0 Å². The predicted molar refractivity (Wildman–Crippen MR) is 130 cm³/mol. The van der Waals surface area contributed by atoms with Crippen LogP contribution in [0.5, 0.6) is 0 Å². The van der Waals surface area contributed by atoms with Crippen LogP contribution in [-0.2, 0) is 0 Å². The van der Waals surface area contributed by atoms with Gasteiger partial charge in [0.1, 0.15) is 0 Å². The van der Waals surface area contributed by atoms with Gasteiger partial charge >= 0.3 is 0 Å². The van der Waals surface area contributed by atoms with Crippen LogP contribution in [-0.4, -0.2) is 15.8 Å². The van der Waals surface area contributed by atoms with Gasteiger partial charge in [0.2, 0.25) is 0 Å². The lowest BCUT2D eigenvalue weighted by Gasteiger charge is -2.11. The fraction of sp³-hybridized carbons (Fsp3) is 0.0357. The van der Waals surface area contributed by atoms with Crippen LogP contribution in [0.15, 0.2) is 95.9 Å². The zero-order chi connectivity index (χ0) is 22.1. The van der Waals surface area contributed by atoms with Gasteiger partial charge in [0, 0.05) is 28.0 Å². The molecule has 0 aliphatic rings. The molecule has 0 fully saturated rings. The molecule has 2 aromatic heterocycles. The molecular formula is C28H20N2O2. The molecule has 4 nitrogen and oxygen atoms in total. The summed E-state index contributed by atoms with van der Waals surface area (Å²) in [5, 5.41) is 1.78. The number of pyridine rings is 2. The van der Waals surface area contributed by atoms with Crippen molar-refractivity contribution >= 4 is 33.7 Å². The summed E-state index contributed by atoms with van der Waals surface area (Å²) in [6, 6.07) is 25.0. The molecular weight excluding hydrogens is 396 g/mol. The summed E-state index contributed by atoms with van der Waals surface area (Å²) in [6.07, 6.45) is 4.94. The van der Waals surface area contributed by atoms with Crippen LogP contribution in [0.2, 0.25) is 0 Å². The van der Waals surface area contributed by atoms with Crippen molar-refractivity contribution in [3.63, 3.8) is 0 Å². The molecule has 0 radical (unpaired) electrons. The molecule has 5 rings (SSSR count). The third kappa shape index (κ3) is 3.52. The molecule has 0 aliphatic heterocycles. The first-order valence-corrected chi connectivity index (χ1v) is 10.4. The zero-order valence-corrected chi connectivity index (χ0v) is 17.5. The van der Waals surface area contributed by atoms with Gasteiger partial charge in [-0.3, -0.25) is 14.6 Å². The average Bonchev–Trinajstić information content (AvgIpc) is 2.82. The topological polar surface area (TPSA) is 62.8 Å². The quantitative estimate of drug-likeness (QED) is 0.291. The maximum atomic E-state index is 13.4. The van der Waals surface area contributed by atoms with E-state index in [4.69, 9.17) is 0 Å². The number of fused-ring (bicyclic) bond motifs is 2. The van der Waals surface area contributed by atoms with Gasteiger partial charge in [0.15, 0.2) is 5.78 Å². The summed E-state index contributed by atoms with van der Waals surface area (Å²) in [5.41, 5.74) is 4.77. The third-order valence-corrected chi connectivity index (χ3v) is 5.61. The first-order valence-electron chi connectivity index (χ1n) is 10.4. The number of aryl methyl sites for hydroxylation is 1. The number of carbonyl (C=O) groups is 1. The Hall–Kier alpha value is -4.31. The van der Waals surface area contributed by atoms with Crippen LogP contribution in [0.25, 0.3) is 39.0 Å². The van der Waals surface area contributed by atoms with E-state index in [1.54, 1.807) is 12.3 Å². The van der Waals surface area contributed by atoms with Crippen molar-refractivity contribution in [1.29, 1.82) is 0 Å². The Morgan fingerprint density at radius 3 is 2.41 bits per heavy atom. The molecule has 32 heavy (non-hydrogen) atoms. The normalized spacial score (nSPS) is 11.4. The largest absolute Gasteiger partial charge is 0.321 e. The molecule has 0 amide bonds. The molecule has 4 heteroatoms. The Morgan fingerprint density at radius 2 is 1.59 bits per heavy atom. The molecule has 154 valence electrons. The van der Waals surface area contributed by atoms with E-state index >= 15 is 0 Å².